The van der Waals surface area contributed by atoms with Gasteiger partial charge in [-0.2, -0.15) is 0 Å². The lowest BCUT2D eigenvalue weighted by atomic mass is 9.43. The highest BCUT2D eigenvalue weighted by molar-refractivity contribution is 5.86. The Morgan fingerprint density at radius 2 is 0.788 bits per heavy atom. The van der Waals surface area contributed by atoms with Gasteiger partial charge >= 0.3 is 0 Å². The molecule has 1 aromatic heterocycles. The lowest BCUT2D eigenvalue weighted by molar-refractivity contribution is -0.0399. The van der Waals surface area contributed by atoms with Crippen LogP contribution in [0.25, 0.3) is 67.5 Å². The second kappa shape index (κ2) is 11.7. The van der Waals surface area contributed by atoms with Crippen molar-refractivity contribution in [3.05, 3.63) is 163 Å². The topological polar surface area (TPSA) is 38.7 Å². The van der Waals surface area contributed by atoms with E-state index in [1.54, 1.807) is 11.1 Å². The molecule has 5 aliphatic rings. The minimum atomic E-state index is 0.204. The number of aromatic nitrogens is 3. The molecule has 0 aliphatic heterocycles. The van der Waals surface area contributed by atoms with Crippen LogP contribution in [0.1, 0.15) is 43.2 Å². The SMILES string of the molecule is c1ccc(-c2nc(-c3ccccc3)nc(-c3cccc(-c4cccc(-c5ccc6c(c5)-c5ccccc5C65C6CC7CC(C6)CC5C7)c4)c3)n2)cc1. The van der Waals surface area contributed by atoms with Crippen molar-refractivity contribution in [2.75, 3.05) is 0 Å². The summed E-state index contributed by atoms with van der Waals surface area (Å²) in [7, 11) is 0. The van der Waals surface area contributed by atoms with Crippen LogP contribution in [0.2, 0.25) is 0 Å². The first-order valence-corrected chi connectivity index (χ1v) is 19.0. The molecule has 1 heterocycles. The first-order chi connectivity index (χ1) is 25.7. The molecule has 0 unspecified atom stereocenters. The number of fused-ring (bicyclic) bond motifs is 3. The summed E-state index contributed by atoms with van der Waals surface area (Å²) in [5, 5.41) is 0. The van der Waals surface area contributed by atoms with E-state index in [2.05, 4.69) is 115 Å². The van der Waals surface area contributed by atoms with Crippen molar-refractivity contribution in [3.63, 3.8) is 0 Å². The standard InChI is InChI=1S/C49H39N3/c1-3-11-33(12-4-1)46-50-47(34-13-5-2-6-14-34)52-48(51-46)39-18-10-17-37(29-39)35-15-9-16-36(28-35)38-21-22-45-43(30-38)42-19-7-8-20-44(42)49(45)40-24-31-23-32(26-40)27-41(49)25-31/h1-22,28-32,40-41H,23-27H2. The van der Waals surface area contributed by atoms with Crippen molar-refractivity contribution in [2.24, 2.45) is 23.7 Å². The minimum Gasteiger partial charge on any atom is -0.208 e. The van der Waals surface area contributed by atoms with Gasteiger partial charge < -0.3 is 0 Å². The van der Waals surface area contributed by atoms with E-state index in [0.29, 0.717) is 17.5 Å². The fraction of sp³-hybridized carbons (Fsp3) is 0.204. The summed E-state index contributed by atoms with van der Waals surface area (Å²) in [6.45, 7) is 0. The molecule has 5 aliphatic carbocycles. The van der Waals surface area contributed by atoms with Crippen LogP contribution in [0, 0.1) is 23.7 Å². The summed E-state index contributed by atoms with van der Waals surface area (Å²) in [6.07, 6.45) is 7.13. The molecule has 0 atom stereocenters. The fourth-order valence-electron chi connectivity index (χ4n) is 11.0. The fourth-order valence-corrected chi connectivity index (χ4v) is 11.0. The number of hydrogen-bond acceptors (Lipinski definition) is 3. The van der Waals surface area contributed by atoms with Gasteiger partial charge in [0.2, 0.25) is 0 Å². The first-order valence-electron chi connectivity index (χ1n) is 19.0. The first kappa shape index (κ1) is 30.0. The third-order valence-corrected chi connectivity index (χ3v) is 12.9. The van der Waals surface area contributed by atoms with Crippen LogP contribution < -0.4 is 0 Å². The number of nitrogens with zero attached hydrogens (tertiary/aromatic N) is 3. The zero-order valence-electron chi connectivity index (χ0n) is 29.1. The van der Waals surface area contributed by atoms with Crippen LogP contribution in [0.15, 0.2) is 152 Å². The Hall–Kier alpha value is -5.67. The number of benzene rings is 6. The smallest absolute Gasteiger partial charge is 0.164 e. The van der Waals surface area contributed by atoms with Gasteiger partial charge in [0.1, 0.15) is 0 Å². The molecule has 1 spiro atoms. The number of rotatable bonds is 5. The Morgan fingerprint density at radius 3 is 1.38 bits per heavy atom. The average Bonchev–Trinajstić information content (AvgIpc) is 3.50. The van der Waals surface area contributed by atoms with Crippen molar-refractivity contribution in [3.8, 4) is 67.5 Å². The molecule has 0 N–H and O–H groups in total. The maximum Gasteiger partial charge on any atom is 0.164 e. The van der Waals surface area contributed by atoms with Crippen molar-refractivity contribution >= 4 is 0 Å². The van der Waals surface area contributed by atoms with Crippen molar-refractivity contribution in [2.45, 2.75) is 37.5 Å². The zero-order chi connectivity index (χ0) is 34.2. The van der Waals surface area contributed by atoms with E-state index in [9.17, 15) is 0 Å². The summed E-state index contributed by atoms with van der Waals surface area (Å²) >= 11 is 0. The Kier molecular flexibility index (Phi) is 6.74. The van der Waals surface area contributed by atoms with Gasteiger partial charge in [-0.05, 0) is 118 Å². The highest BCUT2D eigenvalue weighted by atomic mass is 15.0. The highest BCUT2D eigenvalue weighted by Gasteiger charge is 2.61. The molecule has 12 rings (SSSR count). The van der Waals surface area contributed by atoms with E-state index in [4.69, 9.17) is 15.0 Å². The maximum absolute atomic E-state index is 4.99. The van der Waals surface area contributed by atoms with Crippen LogP contribution >= 0.6 is 0 Å². The molecule has 0 amide bonds. The van der Waals surface area contributed by atoms with Gasteiger partial charge in [0.15, 0.2) is 17.5 Å². The average molecular weight is 670 g/mol. The van der Waals surface area contributed by atoms with E-state index in [-0.39, 0.29) is 5.41 Å². The van der Waals surface area contributed by atoms with Crippen LogP contribution in [-0.2, 0) is 5.41 Å². The van der Waals surface area contributed by atoms with Gasteiger partial charge in [0.25, 0.3) is 0 Å². The van der Waals surface area contributed by atoms with Crippen molar-refractivity contribution < 1.29 is 0 Å². The van der Waals surface area contributed by atoms with Crippen LogP contribution in [0.4, 0.5) is 0 Å². The molecule has 3 nitrogen and oxygen atoms in total. The van der Waals surface area contributed by atoms with E-state index in [0.717, 1.165) is 45.9 Å². The van der Waals surface area contributed by atoms with Gasteiger partial charge in [-0.15, -0.1) is 0 Å². The normalized spacial score (nSPS) is 23.5. The maximum atomic E-state index is 4.99. The lowest BCUT2D eigenvalue weighted by Crippen LogP contribution is -2.55. The van der Waals surface area contributed by atoms with Crippen LogP contribution in [0.3, 0.4) is 0 Å². The quantitative estimate of drug-likeness (QED) is 0.183. The molecular formula is C49H39N3. The molecule has 7 aromatic rings. The monoisotopic (exact) mass is 669 g/mol. The Bertz CT molecular complexity index is 2400. The van der Waals surface area contributed by atoms with Gasteiger partial charge in [0.05, 0.1) is 0 Å². The second-order valence-corrected chi connectivity index (χ2v) is 15.7. The largest absolute Gasteiger partial charge is 0.208 e. The Morgan fingerprint density at radius 1 is 0.346 bits per heavy atom. The Balaban J connectivity index is 0.975. The molecule has 3 heteroatoms. The molecule has 0 radical (unpaired) electrons. The van der Waals surface area contributed by atoms with E-state index in [1.165, 1.54) is 59.9 Å². The molecular weight excluding hydrogens is 631 g/mol. The van der Waals surface area contributed by atoms with Crippen LogP contribution in [0.5, 0.6) is 0 Å². The van der Waals surface area contributed by atoms with E-state index >= 15 is 0 Å². The second-order valence-electron chi connectivity index (χ2n) is 15.7. The minimum absolute atomic E-state index is 0.204. The molecule has 0 saturated heterocycles. The summed E-state index contributed by atoms with van der Waals surface area (Å²) in [4.78, 5) is 14.9. The summed E-state index contributed by atoms with van der Waals surface area (Å²) in [6, 6.07) is 54.8. The molecule has 250 valence electrons. The van der Waals surface area contributed by atoms with Gasteiger partial charge in [0, 0.05) is 22.1 Å². The van der Waals surface area contributed by atoms with Gasteiger partial charge in [-0.1, -0.05) is 133 Å². The lowest BCUT2D eigenvalue weighted by Gasteiger charge is -2.61. The van der Waals surface area contributed by atoms with Crippen LogP contribution in [-0.4, -0.2) is 15.0 Å². The molecule has 4 saturated carbocycles. The van der Waals surface area contributed by atoms with Crippen molar-refractivity contribution in [1.29, 1.82) is 0 Å². The molecule has 6 aromatic carbocycles. The van der Waals surface area contributed by atoms with Gasteiger partial charge in [-0.3, -0.25) is 0 Å². The molecule has 4 bridgehead atoms. The molecule has 52 heavy (non-hydrogen) atoms. The van der Waals surface area contributed by atoms with E-state index < -0.39 is 0 Å². The third kappa shape index (κ3) is 4.61. The highest BCUT2D eigenvalue weighted by Crippen LogP contribution is 2.69. The van der Waals surface area contributed by atoms with Crippen molar-refractivity contribution in [1.82, 2.24) is 15.0 Å². The van der Waals surface area contributed by atoms with Gasteiger partial charge in [-0.25, -0.2) is 15.0 Å². The zero-order valence-corrected chi connectivity index (χ0v) is 29.1. The van der Waals surface area contributed by atoms with E-state index in [1.807, 2.05) is 36.4 Å². The predicted octanol–water partition coefficient (Wildman–Crippen LogP) is 11.9. The summed E-state index contributed by atoms with van der Waals surface area (Å²) in [5.74, 6) is 5.48. The third-order valence-electron chi connectivity index (χ3n) is 12.9. The number of hydrogen-bond donors (Lipinski definition) is 0. The Labute approximate surface area is 305 Å². The summed E-state index contributed by atoms with van der Waals surface area (Å²) < 4.78 is 0. The summed E-state index contributed by atoms with van der Waals surface area (Å²) in [5.41, 5.74) is 14.1. The predicted molar refractivity (Wildman–Crippen MR) is 210 cm³/mol. The molecule has 4 fully saturated rings.